The fraction of sp³-hybridized carbons (Fsp3) is 0.346. The quantitative estimate of drug-likeness (QED) is 0.373. The molecule has 188 valence electrons. The van der Waals surface area contributed by atoms with Gasteiger partial charge in [-0.1, -0.05) is 0 Å². The minimum absolute atomic E-state index is 0.113. The van der Waals surface area contributed by atoms with Gasteiger partial charge in [-0.25, -0.2) is 9.37 Å². The number of halogens is 1. The van der Waals surface area contributed by atoms with E-state index in [-0.39, 0.29) is 31.0 Å². The van der Waals surface area contributed by atoms with Gasteiger partial charge in [0, 0.05) is 37.7 Å². The van der Waals surface area contributed by atoms with E-state index in [1.807, 2.05) is 45.0 Å². The number of pyridine rings is 2. The van der Waals surface area contributed by atoms with Crippen molar-refractivity contribution in [2.24, 2.45) is 5.73 Å². The summed E-state index contributed by atoms with van der Waals surface area (Å²) in [4.78, 5) is 17.2. The number of aliphatic hydroxyl groups excluding tert-OH is 1. The first-order chi connectivity index (χ1) is 16.7. The summed E-state index contributed by atoms with van der Waals surface area (Å²) in [5.41, 5.74) is 8.40. The number of nitrogens with zero attached hydrogens (tertiary/aromatic N) is 2. The van der Waals surface area contributed by atoms with Crippen LogP contribution in [-0.4, -0.2) is 54.0 Å². The lowest BCUT2D eigenvalue weighted by molar-refractivity contribution is -0.106. The van der Waals surface area contributed by atoms with Crippen LogP contribution < -0.4 is 15.8 Å². The molecule has 4 N–H and O–H groups in total. The molecule has 0 atom stereocenters. The molecule has 0 unspecified atom stereocenters. The summed E-state index contributed by atoms with van der Waals surface area (Å²) in [6.45, 7) is 6.46. The van der Waals surface area contributed by atoms with Gasteiger partial charge >= 0.3 is 0 Å². The van der Waals surface area contributed by atoms with Gasteiger partial charge < -0.3 is 25.6 Å². The Balaban J connectivity index is 0.00000137. The molecule has 0 fully saturated rings. The normalized spacial score (nSPS) is 10.8. The summed E-state index contributed by atoms with van der Waals surface area (Å²) in [5.74, 6) is 0.0880. The lowest BCUT2D eigenvalue weighted by atomic mass is 9.98. The van der Waals surface area contributed by atoms with Gasteiger partial charge in [0.1, 0.15) is 12.4 Å². The molecule has 1 amide bonds. The van der Waals surface area contributed by atoms with Crippen molar-refractivity contribution in [3.05, 3.63) is 60.2 Å². The Kier molecular flexibility index (Phi) is 10.6. The second-order valence-electron chi connectivity index (χ2n) is 8.31. The summed E-state index contributed by atoms with van der Waals surface area (Å²) in [6.07, 6.45) is 4.38. The molecule has 1 aromatic carbocycles. The average Bonchev–Trinajstić information content (AvgIpc) is 2.85. The molecule has 0 saturated heterocycles. The Labute approximate surface area is 205 Å². The number of rotatable bonds is 10. The van der Waals surface area contributed by atoms with Gasteiger partial charge in [-0.2, -0.15) is 0 Å². The van der Waals surface area contributed by atoms with Crippen LogP contribution in [0, 0.1) is 12.7 Å². The van der Waals surface area contributed by atoms with Crippen LogP contribution in [-0.2, 0) is 9.53 Å². The van der Waals surface area contributed by atoms with Crippen molar-refractivity contribution in [3.8, 4) is 28.3 Å². The van der Waals surface area contributed by atoms with Crippen molar-refractivity contribution in [1.82, 2.24) is 9.97 Å². The highest BCUT2D eigenvalue weighted by molar-refractivity contribution is 5.76. The van der Waals surface area contributed by atoms with E-state index in [1.165, 1.54) is 6.07 Å². The minimum Gasteiger partial charge on any atom is -0.475 e. The summed E-state index contributed by atoms with van der Waals surface area (Å²) >= 11 is 0. The number of carbonyl (C=O) groups excluding carboxylic acids is 1. The van der Waals surface area contributed by atoms with Crippen LogP contribution >= 0.6 is 0 Å². The molecule has 3 rings (SSSR count). The number of primary amides is 1. The summed E-state index contributed by atoms with van der Waals surface area (Å²) < 4.78 is 25.7. The highest BCUT2D eigenvalue weighted by atomic mass is 19.1. The number of benzene rings is 1. The van der Waals surface area contributed by atoms with E-state index in [4.69, 9.17) is 19.4 Å². The highest BCUT2D eigenvalue weighted by Gasteiger charge is 2.17. The Morgan fingerprint density at radius 1 is 1.17 bits per heavy atom. The lowest BCUT2D eigenvalue weighted by Gasteiger charge is -2.23. The van der Waals surface area contributed by atoms with Crippen molar-refractivity contribution >= 4 is 12.1 Å². The van der Waals surface area contributed by atoms with Crippen LogP contribution in [0.4, 0.5) is 10.1 Å². The fourth-order valence-electron chi connectivity index (χ4n) is 3.27. The van der Waals surface area contributed by atoms with E-state index in [2.05, 4.69) is 21.0 Å². The predicted molar refractivity (Wildman–Crippen MR) is 135 cm³/mol. The van der Waals surface area contributed by atoms with E-state index in [0.717, 1.165) is 28.7 Å². The van der Waals surface area contributed by atoms with Gasteiger partial charge in [0.2, 0.25) is 12.3 Å². The van der Waals surface area contributed by atoms with E-state index < -0.39 is 0 Å². The number of hydrogen-bond donors (Lipinski definition) is 3. The van der Waals surface area contributed by atoms with Crippen LogP contribution in [0.5, 0.6) is 5.88 Å². The van der Waals surface area contributed by atoms with Gasteiger partial charge in [-0.15, -0.1) is 0 Å². The van der Waals surface area contributed by atoms with Crippen LogP contribution in [0.1, 0.15) is 25.8 Å². The minimum atomic E-state index is -0.304. The number of nitrogens with two attached hydrogens (primary N) is 1. The molecule has 0 aliphatic rings. The smallest absolute Gasteiger partial charge is 0.214 e. The predicted octanol–water partition coefficient (Wildman–Crippen LogP) is 3.96. The fourth-order valence-corrected chi connectivity index (χ4v) is 3.27. The zero-order valence-corrected chi connectivity index (χ0v) is 20.5. The summed E-state index contributed by atoms with van der Waals surface area (Å²) in [6, 6.07) is 10.8. The van der Waals surface area contributed by atoms with Crippen LogP contribution in [0.2, 0.25) is 0 Å². The molecular formula is C26H33FN4O4. The van der Waals surface area contributed by atoms with Crippen molar-refractivity contribution in [1.29, 1.82) is 0 Å². The molecule has 0 spiro atoms. The first-order valence-corrected chi connectivity index (χ1v) is 11.2. The van der Waals surface area contributed by atoms with Crippen LogP contribution in [0.3, 0.4) is 0 Å². The second kappa shape index (κ2) is 13.4. The third-order valence-electron chi connectivity index (χ3n) is 5.34. The molecular weight excluding hydrogens is 451 g/mol. The topological polar surface area (TPSA) is 120 Å². The van der Waals surface area contributed by atoms with Gasteiger partial charge in [-0.05, 0) is 74.2 Å². The van der Waals surface area contributed by atoms with Gasteiger partial charge in [0.25, 0.3) is 0 Å². The lowest BCUT2D eigenvalue weighted by Crippen LogP contribution is -2.25. The number of hydrogen-bond acceptors (Lipinski definition) is 7. The van der Waals surface area contributed by atoms with E-state index >= 15 is 0 Å². The van der Waals surface area contributed by atoms with Crippen molar-refractivity contribution in [2.45, 2.75) is 32.8 Å². The number of aliphatic hydroxyl groups is 1. The summed E-state index contributed by atoms with van der Waals surface area (Å²) in [5, 5.41) is 12.3. The number of nitrogens with one attached hydrogen (secondary N) is 1. The Morgan fingerprint density at radius 3 is 2.49 bits per heavy atom. The molecule has 0 radical (unpaired) electrons. The molecule has 0 saturated carbocycles. The number of aromatic nitrogens is 2. The molecule has 9 heteroatoms. The number of methoxy groups -OCH3 is 1. The molecule has 0 aliphatic heterocycles. The first kappa shape index (κ1) is 27.7. The molecule has 3 aromatic rings. The molecule has 35 heavy (non-hydrogen) atoms. The maximum Gasteiger partial charge on any atom is 0.214 e. The third kappa shape index (κ3) is 8.31. The zero-order valence-electron chi connectivity index (χ0n) is 20.5. The molecule has 8 nitrogen and oxygen atoms in total. The zero-order chi connectivity index (χ0) is 25.8. The Hall–Kier alpha value is -3.56. The van der Waals surface area contributed by atoms with Gasteiger partial charge in [0.15, 0.2) is 0 Å². The largest absolute Gasteiger partial charge is 0.475 e. The molecule has 0 bridgehead atoms. The Bertz CT molecular complexity index is 1090. The van der Waals surface area contributed by atoms with Crippen LogP contribution in [0.25, 0.3) is 22.4 Å². The van der Waals surface area contributed by atoms with Gasteiger partial charge in [-0.3, -0.25) is 9.78 Å². The average molecular weight is 485 g/mol. The van der Waals surface area contributed by atoms with Gasteiger partial charge in [0.05, 0.1) is 23.6 Å². The van der Waals surface area contributed by atoms with E-state index in [1.54, 1.807) is 25.6 Å². The summed E-state index contributed by atoms with van der Waals surface area (Å²) in [7, 11) is 1.67. The molecule has 0 aliphatic carbocycles. The standard InChI is InChI=1S/C25H30FN3O3.CH3NO/c1-17-13-21(26)23(28-10-7-25(2,3)31-4)16-20(17)19-14-22(18-5-8-27-9-6-18)29-24(15-19)32-12-11-30;2-1-3/h5-6,8-9,13-16,28,30H,7,10-12H2,1-4H3;1H,(H2,2,3). The Morgan fingerprint density at radius 2 is 1.86 bits per heavy atom. The first-order valence-electron chi connectivity index (χ1n) is 11.2. The maximum absolute atomic E-state index is 14.7. The van der Waals surface area contributed by atoms with Crippen molar-refractivity contribution in [3.63, 3.8) is 0 Å². The number of carbonyl (C=O) groups is 1. The van der Waals surface area contributed by atoms with E-state index in [0.29, 0.717) is 23.8 Å². The van der Waals surface area contributed by atoms with Crippen LogP contribution in [0.15, 0.2) is 48.8 Å². The number of aryl methyl sites for hydroxylation is 1. The van der Waals surface area contributed by atoms with E-state index in [9.17, 15) is 4.39 Å². The number of amides is 1. The molecule has 2 aromatic heterocycles. The van der Waals surface area contributed by atoms with Crippen molar-refractivity contribution in [2.75, 3.05) is 32.2 Å². The monoisotopic (exact) mass is 484 g/mol. The highest BCUT2D eigenvalue weighted by Crippen LogP contribution is 2.33. The molecule has 2 heterocycles. The maximum atomic E-state index is 14.7. The van der Waals surface area contributed by atoms with Crippen molar-refractivity contribution < 1.29 is 23.8 Å². The number of anilines is 1. The SMILES string of the molecule is COC(C)(C)CCNc1cc(-c2cc(OCCO)nc(-c3ccncc3)c2)c(C)cc1F.NC=O. The third-order valence-corrected chi connectivity index (χ3v) is 5.34. The second-order valence-corrected chi connectivity index (χ2v) is 8.31. The number of ether oxygens (including phenoxy) is 2.